The van der Waals surface area contributed by atoms with Gasteiger partial charge in [-0.3, -0.25) is 9.97 Å². The van der Waals surface area contributed by atoms with Crippen LogP contribution in [0.15, 0.2) is 170 Å². The summed E-state index contributed by atoms with van der Waals surface area (Å²) >= 11 is 0. The average Bonchev–Trinajstić information content (AvgIpc) is 3.20. The number of nitrogens with zero attached hydrogens (tertiary/aromatic N) is 2. The summed E-state index contributed by atoms with van der Waals surface area (Å²) < 4.78 is 0. The Morgan fingerprint density at radius 3 is 1.43 bits per heavy atom. The molecule has 8 rings (SSSR count). The number of aromatic nitrogens is 2. The Bertz CT molecular complexity index is 2550. The molecule has 0 saturated carbocycles. The lowest BCUT2D eigenvalue weighted by molar-refractivity contribution is 0.589. The lowest BCUT2D eigenvalue weighted by atomic mass is 9.84. The normalized spacial score (nSPS) is 11.9. The molecule has 0 saturated heterocycles. The number of rotatable bonds is 6. The molecular weight excluding hydrogens is 653 g/mol. The minimum Gasteiger partial charge on any atom is -0.256 e. The Morgan fingerprint density at radius 2 is 0.852 bits per heavy atom. The van der Waals surface area contributed by atoms with Crippen molar-refractivity contribution in [2.24, 2.45) is 0 Å². The molecular formula is C52H46N2. The van der Waals surface area contributed by atoms with Crippen molar-refractivity contribution in [3.63, 3.8) is 0 Å². The molecule has 0 aliphatic carbocycles. The first kappa shape index (κ1) is 34.9. The Kier molecular flexibility index (Phi) is 9.07. The molecule has 0 unspecified atom stereocenters. The molecule has 0 fully saturated rings. The smallest absolute Gasteiger partial charge is 0.0705 e. The van der Waals surface area contributed by atoms with Crippen molar-refractivity contribution < 1.29 is 0 Å². The molecule has 6 aromatic carbocycles. The largest absolute Gasteiger partial charge is 0.256 e. The topological polar surface area (TPSA) is 25.8 Å². The molecule has 54 heavy (non-hydrogen) atoms. The molecule has 264 valence electrons. The molecule has 0 aliphatic heterocycles. The van der Waals surface area contributed by atoms with Gasteiger partial charge in [-0.2, -0.15) is 0 Å². The van der Waals surface area contributed by atoms with Gasteiger partial charge in [0.25, 0.3) is 0 Å². The first-order chi connectivity index (χ1) is 26.0. The van der Waals surface area contributed by atoms with Crippen LogP contribution in [0.2, 0.25) is 0 Å². The average molecular weight is 699 g/mol. The zero-order valence-electron chi connectivity index (χ0n) is 32.1. The van der Waals surface area contributed by atoms with Gasteiger partial charge >= 0.3 is 0 Å². The van der Waals surface area contributed by atoms with Crippen LogP contribution in [-0.4, -0.2) is 9.97 Å². The van der Waals surface area contributed by atoms with Crippen LogP contribution in [0.1, 0.15) is 52.7 Å². The van der Waals surface area contributed by atoms with Crippen LogP contribution in [0.4, 0.5) is 0 Å². The second-order valence-corrected chi connectivity index (χ2v) is 16.4. The number of benzene rings is 6. The van der Waals surface area contributed by atoms with E-state index in [9.17, 15) is 0 Å². The third kappa shape index (κ3) is 7.00. The summed E-state index contributed by atoms with van der Waals surface area (Å²) in [6.45, 7) is 13.5. The van der Waals surface area contributed by atoms with Gasteiger partial charge in [-0.25, -0.2) is 0 Å². The van der Waals surface area contributed by atoms with Crippen LogP contribution in [0.3, 0.4) is 0 Å². The summed E-state index contributed by atoms with van der Waals surface area (Å²) in [5.74, 6) is 0. The van der Waals surface area contributed by atoms with Crippen LogP contribution in [0.5, 0.6) is 0 Å². The zero-order valence-corrected chi connectivity index (χ0v) is 32.1. The number of hydrogen-bond donors (Lipinski definition) is 0. The zero-order chi connectivity index (χ0) is 37.5. The lowest BCUT2D eigenvalue weighted by Gasteiger charge is -2.21. The van der Waals surface area contributed by atoms with Crippen LogP contribution < -0.4 is 0 Å². The Hall–Kier alpha value is -6.12. The van der Waals surface area contributed by atoms with Gasteiger partial charge in [0.1, 0.15) is 0 Å². The van der Waals surface area contributed by atoms with E-state index in [0.29, 0.717) is 0 Å². The van der Waals surface area contributed by atoms with Gasteiger partial charge in [0.15, 0.2) is 0 Å². The first-order valence-electron chi connectivity index (χ1n) is 18.9. The highest BCUT2D eigenvalue weighted by Gasteiger charge is 2.20. The molecule has 2 heteroatoms. The van der Waals surface area contributed by atoms with Gasteiger partial charge < -0.3 is 0 Å². The maximum absolute atomic E-state index is 4.99. The standard InChI is InChI=1S/C52H46N2/c1-51(2,3)42-25-27-53-48(33-42)38-24-23-37-19-13-20-44(47(37)32-38)39-29-40(49-34-43(26-28-54-49)52(4,5)6)31-41(30-39)50-45(35-15-9-7-10-16-35)21-14-22-46(50)36-17-11-8-12-18-36/h7-34H,1-6H3. The Morgan fingerprint density at radius 1 is 0.352 bits per heavy atom. The molecule has 0 radical (unpaired) electrons. The van der Waals surface area contributed by atoms with E-state index >= 15 is 0 Å². The van der Waals surface area contributed by atoms with Crippen molar-refractivity contribution >= 4 is 10.8 Å². The van der Waals surface area contributed by atoms with Gasteiger partial charge in [-0.15, -0.1) is 0 Å². The van der Waals surface area contributed by atoms with Crippen LogP contribution in [-0.2, 0) is 10.8 Å². The molecule has 8 aromatic rings. The lowest BCUT2D eigenvalue weighted by Crippen LogP contribution is -2.11. The minimum atomic E-state index is -0.0110. The fraction of sp³-hybridized carbons (Fsp3) is 0.154. The molecule has 2 nitrogen and oxygen atoms in total. The number of fused-ring (bicyclic) bond motifs is 1. The molecule has 0 spiro atoms. The second kappa shape index (κ2) is 14.0. The first-order valence-corrected chi connectivity index (χ1v) is 18.9. The molecule has 0 atom stereocenters. The van der Waals surface area contributed by atoms with E-state index in [1.54, 1.807) is 0 Å². The van der Waals surface area contributed by atoms with E-state index in [2.05, 4.69) is 199 Å². The fourth-order valence-electron chi connectivity index (χ4n) is 7.45. The van der Waals surface area contributed by atoms with E-state index in [-0.39, 0.29) is 10.8 Å². The predicted octanol–water partition coefficient (Wildman–Crippen LogP) is 14.2. The summed E-state index contributed by atoms with van der Waals surface area (Å²) in [4.78, 5) is 9.83. The van der Waals surface area contributed by atoms with Crippen molar-refractivity contribution in [2.75, 3.05) is 0 Å². The van der Waals surface area contributed by atoms with Gasteiger partial charge in [0.2, 0.25) is 0 Å². The number of hydrogen-bond acceptors (Lipinski definition) is 2. The fourth-order valence-corrected chi connectivity index (χ4v) is 7.45. The maximum Gasteiger partial charge on any atom is 0.0705 e. The summed E-state index contributed by atoms with van der Waals surface area (Å²) in [6.07, 6.45) is 3.90. The Labute approximate surface area is 320 Å². The van der Waals surface area contributed by atoms with Gasteiger partial charge in [0, 0.05) is 23.5 Å². The van der Waals surface area contributed by atoms with Crippen molar-refractivity contribution in [2.45, 2.75) is 52.4 Å². The van der Waals surface area contributed by atoms with Crippen LogP contribution >= 0.6 is 0 Å². The molecule has 0 aliphatic rings. The van der Waals surface area contributed by atoms with Gasteiger partial charge in [-0.1, -0.05) is 151 Å². The molecule has 2 heterocycles. The van der Waals surface area contributed by atoms with E-state index in [1.807, 2.05) is 12.4 Å². The highest BCUT2D eigenvalue weighted by Crippen LogP contribution is 2.44. The van der Waals surface area contributed by atoms with Crippen molar-refractivity contribution in [1.82, 2.24) is 9.97 Å². The summed E-state index contributed by atoms with van der Waals surface area (Å²) in [7, 11) is 0. The van der Waals surface area contributed by atoms with Crippen molar-refractivity contribution in [3.05, 3.63) is 181 Å². The van der Waals surface area contributed by atoms with Gasteiger partial charge in [0.05, 0.1) is 11.4 Å². The second-order valence-electron chi connectivity index (χ2n) is 16.4. The third-order valence-corrected chi connectivity index (χ3v) is 10.5. The SMILES string of the molecule is CC(C)(C)c1ccnc(-c2cc(-c3c(-c4ccccc4)cccc3-c3ccccc3)cc(-c3cccc4ccc(-c5cc(C(C)(C)C)ccn5)cc34)c2)c1. The summed E-state index contributed by atoms with van der Waals surface area (Å²) in [5, 5.41) is 2.38. The monoisotopic (exact) mass is 698 g/mol. The van der Waals surface area contributed by atoms with E-state index in [1.165, 1.54) is 55.3 Å². The van der Waals surface area contributed by atoms with Crippen molar-refractivity contribution in [3.8, 4) is 67.0 Å². The van der Waals surface area contributed by atoms with Crippen LogP contribution in [0, 0.1) is 0 Å². The molecule has 0 N–H and O–H groups in total. The maximum atomic E-state index is 4.99. The minimum absolute atomic E-state index is 0.0110. The predicted molar refractivity (Wildman–Crippen MR) is 230 cm³/mol. The summed E-state index contributed by atoms with van der Waals surface area (Å²) in [5.41, 5.74) is 16.1. The van der Waals surface area contributed by atoms with E-state index in [4.69, 9.17) is 9.97 Å². The highest BCUT2D eigenvalue weighted by molar-refractivity contribution is 6.02. The third-order valence-electron chi connectivity index (χ3n) is 10.5. The molecule has 2 aromatic heterocycles. The van der Waals surface area contributed by atoms with E-state index < -0.39 is 0 Å². The molecule has 0 amide bonds. The van der Waals surface area contributed by atoms with Crippen LogP contribution in [0.25, 0.3) is 77.8 Å². The highest BCUT2D eigenvalue weighted by atomic mass is 14.7. The molecule has 0 bridgehead atoms. The Balaban J connectivity index is 1.41. The summed E-state index contributed by atoms with van der Waals surface area (Å²) in [6, 6.07) is 57.4. The van der Waals surface area contributed by atoms with E-state index in [0.717, 1.165) is 33.6 Å². The van der Waals surface area contributed by atoms with Gasteiger partial charge in [-0.05, 0) is 126 Å². The quantitative estimate of drug-likeness (QED) is 0.173. The van der Waals surface area contributed by atoms with Crippen molar-refractivity contribution in [1.29, 1.82) is 0 Å². The number of pyridine rings is 2.